The number of carboxylic acids is 1. The number of benzene rings is 2. The first-order chi connectivity index (χ1) is 12.5. The van der Waals surface area contributed by atoms with E-state index >= 15 is 0 Å². The zero-order chi connectivity index (χ0) is 18.7. The Morgan fingerprint density at radius 3 is 2.00 bits per heavy atom. The van der Waals surface area contributed by atoms with Crippen LogP contribution in [0.15, 0.2) is 59.7 Å². The molecule has 0 unspecified atom stereocenters. The number of nitrogens with zero attached hydrogens (tertiary/aromatic N) is 1. The van der Waals surface area contributed by atoms with Crippen molar-refractivity contribution >= 4 is 17.6 Å². The summed E-state index contributed by atoms with van der Waals surface area (Å²) in [5.74, 6) is -0.430. The minimum absolute atomic E-state index is 0.239. The predicted molar refractivity (Wildman–Crippen MR) is 100 cm³/mol. The minimum Gasteiger partial charge on any atom is -0.497 e. The van der Waals surface area contributed by atoms with Gasteiger partial charge in [-0.05, 0) is 54.7 Å². The largest absolute Gasteiger partial charge is 0.497 e. The van der Waals surface area contributed by atoms with Crippen LogP contribution >= 0.6 is 0 Å². The van der Waals surface area contributed by atoms with E-state index in [0.717, 1.165) is 22.6 Å². The number of aliphatic carboxylic acids is 1. The van der Waals surface area contributed by atoms with Crippen molar-refractivity contribution in [1.29, 1.82) is 0 Å². The number of hydrogen-bond acceptors (Lipinski definition) is 3. The Kier molecular flexibility index (Phi) is 5.07. The lowest BCUT2D eigenvalue weighted by atomic mass is 10.0. The molecule has 134 valence electrons. The van der Waals surface area contributed by atoms with Crippen molar-refractivity contribution < 1.29 is 19.4 Å². The van der Waals surface area contributed by atoms with Gasteiger partial charge >= 0.3 is 5.97 Å². The zero-order valence-electron chi connectivity index (χ0n) is 14.9. The molecule has 3 rings (SSSR count). The number of rotatable bonds is 5. The Balaban J connectivity index is 1.80. The fourth-order valence-electron chi connectivity index (χ4n) is 3.20. The van der Waals surface area contributed by atoms with Gasteiger partial charge in [-0.15, -0.1) is 0 Å². The lowest BCUT2D eigenvalue weighted by molar-refractivity contribution is -0.133. The molecule has 1 aliphatic rings. The maximum absolute atomic E-state index is 12.7. The molecular weight excluding hydrogens is 330 g/mol. The van der Waals surface area contributed by atoms with Crippen LogP contribution in [-0.2, 0) is 9.59 Å². The molecule has 1 N–H and O–H groups in total. The number of anilines is 1. The summed E-state index contributed by atoms with van der Waals surface area (Å²) < 4.78 is 5.17. The molecule has 0 saturated heterocycles. The lowest BCUT2D eigenvalue weighted by Crippen LogP contribution is -2.28. The molecule has 5 nitrogen and oxygen atoms in total. The van der Waals surface area contributed by atoms with Gasteiger partial charge in [0.25, 0.3) is 5.91 Å². The Morgan fingerprint density at radius 2 is 1.46 bits per heavy atom. The van der Waals surface area contributed by atoms with E-state index in [4.69, 9.17) is 4.74 Å². The van der Waals surface area contributed by atoms with Crippen LogP contribution in [0.25, 0.3) is 11.1 Å². The average molecular weight is 351 g/mol. The molecular formula is C21H21NO4. The van der Waals surface area contributed by atoms with Gasteiger partial charge in [0.2, 0.25) is 0 Å². The van der Waals surface area contributed by atoms with E-state index in [2.05, 4.69) is 0 Å². The van der Waals surface area contributed by atoms with E-state index in [-0.39, 0.29) is 11.5 Å². The van der Waals surface area contributed by atoms with Crippen LogP contribution in [0.2, 0.25) is 0 Å². The molecule has 1 amide bonds. The van der Waals surface area contributed by atoms with Crippen LogP contribution in [0.3, 0.4) is 0 Å². The number of carbonyl (C=O) groups is 2. The van der Waals surface area contributed by atoms with Crippen molar-refractivity contribution in [2.75, 3.05) is 19.1 Å². The summed E-state index contributed by atoms with van der Waals surface area (Å²) in [4.78, 5) is 25.5. The molecule has 0 atom stereocenters. The maximum atomic E-state index is 12.7. The summed E-state index contributed by atoms with van der Waals surface area (Å²) in [7, 11) is 3.31. The normalized spacial score (nSPS) is 13.6. The fourth-order valence-corrected chi connectivity index (χ4v) is 3.20. The highest BCUT2D eigenvalue weighted by Gasteiger charge is 2.27. The lowest BCUT2D eigenvalue weighted by Gasteiger charge is -2.19. The van der Waals surface area contributed by atoms with Crippen molar-refractivity contribution in [2.24, 2.45) is 0 Å². The number of methoxy groups -OCH3 is 1. The standard InChI is InChI=1S/C21H21NO4/c1-22(20(23)18-4-3-5-19(18)21(24)25)16-10-6-14(7-11-16)15-8-12-17(26-2)13-9-15/h6-13H,3-5H2,1-2H3,(H,24,25). The van der Waals surface area contributed by atoms with Gasteiger partial charge in [-0.1, -0.05) is 24.3 Å². The molecule has 0 spiro atoms. The third kappa shape index (κ3) is 3.47. The predicted octanol–water partition coefficient (Wildman–Crippen LogP) is 3.89. The molecule has 26 heavy (non-hydrogen) atoms. The summed E-state index contributed by atoms with van der Waals surface area (Å²) >= 11 is 0. The van der Waals surface area contributed by atoms with E-state index < -0.39 is 5.97 Å². The minimum atomic E-state index is -0.992. The average Bonchev–Trinajstić information content (AvgIpc) is 3.17. The number of amides is 1. The van der Waals surface area contributed by atoms with E-state index in [0.29, 0.717) is 24.8 Å². The number of hydrogen-bond donors (Lipinski definition) is 1. The molecule has 0 heterocycles. The van der Waals surface area contributed by atoms with Crippen molar-refractivity contribution in [3.8, 4) is 16.9 Å². The van der Waals surface area contributed by atoms with Crippen molar-refractivity contribution in [3.05, 3.63) is 59.7 Å². The van der Waals surface area contributed by atoms with E-state index in [1.807, 2.05) is 48.5 Å². The summed E-state index contributed by atoms with van der Waals surface area (Å²) in [5, 5.41) is 9.25. The van der Waals surface area contributed by atoms with Crippen LogP contribution in [-0.4, -0.2) is 31.1 Å². The first-order valence-corrected chi connectivity index (χ1v) is 8.49. The molecule has 0 saturated carbocycles. The SMILES string of the molecule is COc1ccc(-c2ccc(N(C)C(=O)C3=C(C(=O)O)CCC3)cc2)cc1. The Labute approximate surface area is 152 Å². The van der Waals surface area contributed by atoms with E-state index in [1.165, 1.54) is 4.90 Å². The second-order valence-corrected chi connectivity index (χ2v) is 6.26. The molecule has 2 aromatic rings. The number of likely N-dealkylation sites (N-methyl/N-ethyl adjacent to an activating group) is 1. The van der Waals surface area contributed by atoms with Crippen LogP contribution in [0, 0.1) is 0 Å². The number of ether oxygens (including phenoxy) is 1. The van der Waals surface area contributed by atoms with Gasteiger partial charge in [-0.3, -0.25) is 4.79 Å². The second kappa shape index (κ2) is 7.44. The Hall–Kier alpha value is -3.08. The second-order valence-electron chi connectivity index (χ2n) is 6.26. The molecule has 1 aliphatic carbocycles. The van der Waals surface area contributed by atoms with Crippen molar-refractivity contribution in [1.82, 2.24) is 0 Å². The van der Waals surface area contributed by atoms with E-state index in [1.54, 1.807) is 14.2 Å². The molecule has 0 fully saturated rings. The highest BCUT2D eigenvalue weighted by atomic mass is 16.5. The van der Waals surface area contributed by atoms with E-state index in [9.17, 15) is 14.7 Å². The third-order valence-electron chi connectivity index (χ3n) is 4.72. The quantitative estimate of drug-likeness (QED) is 0.887. The first kappa shape index (κ1) is 17.7. The van der Waals surface area contributed by atoms with Gasteiger partial charge in [0, 0.05) is 23.9 Å². The van der Waals surface area contributed by atoms with Crippen molar-refractivity contribution in [3.63, 3.8) is 0 Å². The molecule has 5 heteroatoms. The van der Waals surface area contributed by atoms with Gasteiger partial charge in [0.05, 0.1) is 7.11 Å². The fraction of sp³-hybridized carbons (Fsp3) is 0.238. The summed E-state index contributed by atoms with van der Waals surface area (Å²) in [6, 6.07) is 15.4. The van der Waals surface area contributed by atoms with Gasteiger partial charge in [-0.2, -0.15) is 0 Å². The molecule has 0 aromatic heterocycles. The van der Waals surface area contributed by atoms with Gasteiger partial charge in [-0.25, -0.2) is 4.79 Å². The first-order valence-electron chi connectivity index (χ1n) is 8.49. The van der Waals surface area contributed by atoms with Gasteiger partial charge < -0.3 is 14.7 Å². The van der Waals surface area contributed by atoms with Crippen LogP contribution in [0.4, 0.5) is 5.69 Å². The van der Waals surface area contributed by atoms with Crippen molar-refractivity contribution in [2.45, 2.75) is 19.3 Å². The highest BCUT2D eigenvalue weighted by Crippen LogP contribution is 2.30. The maximum Gasteiger partial charge on any atom is 0.332 e. The molecule has 0 aliphatic heterocycles. The van der Waals surface area contributed by atoms with Crippen LogP contribution in [0.1, 0.15) is 19.3 Å². The summed E-state index contributed by atoms with van der Waals surface area (Å²) in [5.41, 5.74) is 3.48. The summed E-state index contributed by atoms with van der Waals surface area (Å²) in [6.45, 7) is 0. The molecule has 0 bridgehead atoms. The van der Waals surface area contributed by atoms with Gasteiger partial charge in [0.1, 0.15) is 5.75 Å². The Morgan fingerprint density at radius 1 is 0.923 bits per heavy atom. The number of carboxylic acid groups (broad SMARTS) is 1. The number of carbonyl (C=O) groups excluding carboxylic acids is 1. The molecule has 2 aromatic carbocycles. The van der Waals surface area contributed by atoms with Gasteiger partial charge in [0.15, 0.2) is 0 Å². The highest BCUT2D eigenvalue weighted by molar-refractivity contribution is 6.10. The summed E-state index contributed by atoms with van der Waals surface area (Å²) in [6.07, 6.45) is 1.70. The topological polar surface area (TPSA) is 66.8 Å². The zero-order valence-corrected chi connectivity index (χ0v) is 14.9. The monoisotopic (exact) mass is 351 g/mol. The molecule has 0 radical (unpaired) electrons. The van der Waals surface area contributed by atoms with Crippen LogP contribution < -0.4 is 9.64 Å². The smallest absolute Gasteiger partial charge is 0.332 e. The third-order valence-corrected chi connectivity index (χ3v) is 4.72. The van der Waals surface area contributed by atoms with Crippen LogP contribution in [0.5, 0.6) is 5.75 Å². The Bertz CT molecular complexity index is 851.